The molecule has 1 atom stereocenters. The molecule has 5 rings (SSSR count). The van der Waals surface area contributed by atoms with Crippen molar-refractivity contribution in [2.45, 2.75) is 25.6 Å². The molecule has 1 aromatic carbocycles. The van der Waals surface area contributed by atoms with Gasteiger partial charge in [0, 0.05) is 42.9 Å². The molecule has 4 nitrogen and oxygen atoms in total. The second kappa shape index (κ2) is 6.98. The summed E-state index contributed by atoms with van der Waals surface area (Å²) in [4.78, 5) is 18.9. The van der Waals surface area contributed by atoms with Crippen LogP contribution in [0.5, 0.6) is 0 Å². The van der Waals surface area contributed by atoms with Crippen LogP contribution < -0.4 is 0 Å². The molecule has 3 aromatic rings. The Balaban J connectivity index is 1.38. The Labute approximate surface area is 163 Å². The van der Waals surface area contributed by atoms with E-state index in [1.165, 1.54) is 21.7 Å². The molecular weight excluding hydrogens is 354 g/mol. The van der Waals surface area contributed by atoms with Crippen molar-refractivity contribution in [2.24, 2.45) is 0 Å². The molecule has 0 radical (unpaired) electrons. The Morgan fingerprint density at radius 2 is 1.93 bits per heavy atom. The molecule has 0 fully saturated rings. The van der Waals surface area contributed by atoms with Crippen LogP contribution in [0, 0.1) is 0 Å². The molecule has 0 bridgehead atoms. The molecule has 2 aliphatic heterocycles. The van der Waals surface area contributed by atoms with Crippen LogP contribution in [-0.2, 0) is 24.3 Å². The number of amides is 1. The second-order valence-electron chi connectivity index (χ2n) is 7.34. The summed E-state index contributed by atoms with van der Waals surface area (Å²) in [6.45, 7) is 3.91. The van der Waals surface area contributed by atoms with Crippen molar-refractivity contribution in [3.05, 3.63) is 81.8 Å². The summed E-state index contributed by atoms with van der Waals surface area (Å²) in [5.74, 6) is 0.243. The van der Waals surface area contributed by atoms with Gasteiger partial charge in [-0.3, -0.25) is 9.69 Å². The van der Waals surface area contributed by atoms with Gasteiger partial charge >= 0.3 is 0 Å². The molecule has 4 heterocycles. The lowest BCUT2D eigenvalue weighted by atomic mass is 10.00. The molecule has 2 aliphatic rings. The summed E-state index contributed by atoms with van der Waals surface area (Å²) >= 11 is 1.81. The van der Waals surface area contributed by atoms with E-state index >= 15 is 0 Å². The minimum atomic E-state index is 0.139. The van der Waals surface area contributed by atoms with Gasteiger partial charge in [-0.1, -0.05) is 30.3 Å². The van der Waals surface area contributed by atoms with Crippen molar-refractivity contribution in [3.63, 3.8) is 0 Å². The van der Waals surface area contributed by atoms with Gasteiger partial charge in [0.05, 0.1) is 12.6 Å². The quantitative estimate of drug-likeness (QED) is 0.698. The van der Waals surface area contributed by atoms with Crippen molar-refractivity contribution in [2.75, 3.05) is 19.6 Å². The Morgan fingerprint density at radius 1 is 1.04 bits per heavy atom. The highest BCUT2D eigenvalue weighted by molar-refractivity contribution is 7.10. The van der Waals surface area contributed by atoms with Gasteiger partial charge in [-0.25, -0.2) is 0 Å². The number of carbonyl (C=O) groups is 1. The molecular formula is C22H23N3OS. The van der Waals surface area contributed by atoms with E-state index in [1.807, 2.05) is 22.3 Å². The maximum Gasteiger partial charge on any atom is 0.237 e. The van der Waals surface area contributed by atoms with E-state index in [9.17, 15) is 4.79 Å². The van der Waals surface area contributed by atoms with Crippen molar-refractivity contribution in [1.82, 2.24) is 14.4 Å². The number of benzene rings is 1. The zero-order chi connectivity index (χ0) is 18.2. The molecule has 27 heavy (non-hydrogen) atoms. The molecule has 0 spiro atoms. The van der Waals surface area contributed by atoms with E-state index in [1.54, 1.807) is 0 Å². The third-order valence-corrected chi connectivity index (χ3v) is 6.78. The number of carbonyl (C=O) groups excluding carboxylic acids is 1. The number of hydrogen-bond acceptors (Lipinski definition) is 3. The lowest BCUT2D eigenvalue weighted by Gasteiger charge is -2.38. The molecule has 1 amide bonds. The molecule has 5 heteroatoms. The molecule has 0 saturated carbocycles. The van der Waals surface area contributed by atoms with E-state index in [2.05, 4.69) is 63.5 Å². The first-order valence-corrected chi connectivity index (χ1v) is 10.4. The van der Waals surface area contributed by atoms with Crippen LogP contribution in [0.3, 0.4) is 0 Å². The lowest BCUT2D eigenvalue weighted by Crippen LogP contribution is -2.46. The fourth-order valence-electron chi connectivity index (χ4n) is 4.35. The van der Waals surface area contributed by atoms with Crippen molar-refractivity contribution in [3.8, 4) is 0 Å². The average molecular weight is 378 g/mol. The Morgan fingerprint density at radius 3 is 2.81 bits per heavy atom. The van der Waals surface area contributed by atoms with E-state index in [0.29, 0.717) is 6.54 Å². The van der Waals surface area contributed by atoms with Gasteiger partial charge < -0.3 is 9.47 Å². The predicted molar refractivity (Wildman–Crippen MR) is 108 cm³/mol. The van der Waals surface area contributed by atoms with Crippen LogP contribution in [-0.4, -0.2) is 39.9 Å². The van der Waals surface area contributed by atoms with Crippen LogP contribution >= 0.6 is 11.3 Å². The van der Waals surface area contributed by atoms with Crippen LogP contribution in [0.15, 0.2) is 60.1 Å². The van der Waals surface area contributed by atoms with Gasteiger partial charge in [0.1, 0.15) is 0 Å². The third kappa shape index (κ3) is 3.11. The molecule has 138 valence electrons. The van der Waals surface area contributed by atoms with Gasteiger partial charge in [-0.2, -0.15) is 0 Å². The van der Waals surface area contributed by atoms with Crippen LogP contribution in [0.4, 0.5) is 0 Å². The monoisotopic (exact) mass is 377 g/mol. The largest absolute Gasteiger partial charge is 0.348 e. The third-order valence-electron chi connectivity index (χ3n) is 5.75. The first-order valence-electron chi connectivity index (χ1n) is 9.56. The van der Waals surface area contributed by atoms with Crippen molar-refractivity contribution in [1.29, 1.82) is 0 Å². The number of aromatic nitrogens is 1. The maximum absolute atomic E-state index is 13.1. The summed E-state index contributed by atoms with van der Waals surface area (Å²) in [5.41, 5.74) is 3.86. The Hall–Kier alpha value is -2.37. The van der Waals surface area contributed by atoms with Gasteiger partial charge in [0.2, 0.25) is 5.91 Å². The molecule has 2 aromatic heterocycles. The van der Waals surface area contributed by atoms with E-state index in [4.69, 9.17) is 0 Å². The fourth-order valence-corrected chi connectivity index (χ4v) is 5.24. The maximum atomic E-state index is 13.1. The first kappa shape index (κ1) is 16.8. The fraction of sp³-hybridized carbons (Fsp3) is 0.318. The SMILES string of the molecule is O=C(CN1CCn2cccc2C1c1ccccc1)N1CCc2sccc2C1. The van der Waals surface area contributed by atoms with Gasteiger partial charge in [-0.15, -0.1) is 11.3 Å². The molecule has 1 unspecified atom stereocenters. The van der Waals surface area contributed by atoms with Crippen molar-refractivity contribution >= 4 is 17.2 Å². The summed E-state index contributed by atoms with van der Waals surface area (Å²) in [6, 6.07) is 17.2. The van der Waals surface area contributed by atoms with E-state index in [-0.39, 0.29) is 11.9 Å². The number of thiophene rings is 1. The zero-order valence-electron chi connectivity index (χ0n) is 15.3. The highest BCUT2D eigenvalue weighted by atomic mass is 32.1. The van der Waals surface area contributed by atoms with Gasteiger partial charge in [0.25, 0.3) is 0 Å². The summed E-state index contributed by atoms with van der Waals surface area (Å²) < 4.78 is 2.32. The second-order valence-corrected chi connectivity index (χ2v) is 8.35. The smallest absolute Gasteiger partial charge is 0.237 e. The zero-order valence-corrected chi connectivity index (χ0v) is 16.1. The minimum absolute atomic E-state index is 0.139. The molecule has 0 N–H and O–H groups in total. The van der Waals surface area contributed by atoms with Crippen LogP contribution in [0.25, 0.3) is 0 Å². The van der Waals surface area contributed by atoms with Gasteiger partial charge in [-0.05, 0) is 41.1 Å². The van der Waals surface area contributed by atoms with Crippen LogP contribution in [0.2, 0.25) is 0 Å². The Kier molecular flexibility index (Phi) is 4.34. The summed E-state index contributed by atoms with van der Waals surface area (Å²) in [5, 5.41) is 2.14. The molecule has 0 aliphatic carbocycles. The molecule has 0 saturated heterocycles. The lowest BCUT2D eigenvalue weighted by molar-refractivity contribution is -0.134. The normalized spacial score (nSPS) is 19.6. The number of fused-ring (bicyclic) bond motifs is 2. The summed E-state index contributed by atoms with van der Waals surface area (Å²) in [6.07, 6.45) is 3.14. The number of nitrogens with zero attached hydrogens (tertiary/aromatic N) is 3. The van der Waals surface area contributed by atoms with Crippen molar-refractivity contribution < 1.29 is 4.79 Å². The van der Waals surface area contributed by atoms with Crippen LogP contribution in [0.1, 0.15) is 27.7 Å². The highest BCUT2D eigenvalue weighted by Gasteiger charge is 2.31. The van der Waals surface area contributed by atoms with E-state index < -0.39 is 0 Å². The minimum Gasteiger partial charge on any atom is -0.348 e. The first-order chi connectivity index (χ1) is 13.3. The standard InChI is InChI=1S/C22H23N3OS/c26-21(24-11-8-20-18(15-24)9-14-27-20)16-25-13-12-23-10-4-7-19(23)22(25)17-5-2-1-3-6-17/h1-7,9-10,14,22H,8,11-13,15-16H2. The van der Waals surface area contributed by atoms with E-state index in [0.717, 1.165) is 32.6 Å². The number of rotatable bonds is 3. The highest BCUT2D eigenvalue weighted by Crippen LogP contribution is 2.32. The summed E-state index contributed by atoms with van der Waals surface area (Å²) in [7, 11) is 0. The topological polar surface area (TPSA) is 28.5 Å². The Bertz CT molecular complexity index is 945. The average Bonchev–Trinajstić information content (AvgIpc) is 3.37. The number of hydrogen-bond donors (Lipinski definition) is 0. The predicted octanol–water partition coefficient (Wildman–Crippen LogP) is 3.54. The van der Waals surface area contributed by atoms with Gasteiger partial charge in [0.15, 0.2) is 0 Å².